The molecule has 2 heterocycles. The smallest absolute Gasteiger partial charge is 0.408 e. The summed E-state index contributed by atoms with van der Waals surface area (Å²) < 4.78 is 5.02. The largest absolute Gasteiger partial charge is 0.417 e. The number of nitrogens with zero attached hydrogens (tertiary/aromatic N) is 3. The van der Waals surface area contributed by atoms with E-state index in [1.54, 1.807) is 36.2 Å². The van der Waals surface area contributed by atoms with E-state index in [1.165, 1.54) is 0 Å². The van der Waals surface area contributed by atoms with E-state index in [9.17, 15) is 20.0 Å². The summed E-state index contributed by atoms with van der Waals surface area (Å²) in [5.41, 5.74) is 3.20. The highest BCUT2D eigenvalue weighted by Gasteiger charge is 2.28. The summed E-state index contributed by atoms with van der Waals surface area (Å²) in [6, 6.07) is 14.4. The first-order valence-electron chi connectivity index (χ1n) is 10.2. The number of benzene rings is 2. The molecule has 0 bridgehead atoms. The number of β-amino-alcohol motifs (C(OH)–C–C–N with tert-alkyl or cyclic N) is 1. The Morgan fingerprint density at radius 3 is 2.82 bits per heavy atom. The third-order valence-corrected chi connectivity index (χ3v) is 5.78. The normalized spacial score (nSPS) is 16.5. The number of oxazole rings is 1. The average molecular weight is 489 g/mol. The Balaban J connectivity index is 0.00000193. The van der Waals surface area contributed by atoms with Gasteiger partial charge in [0.25, 0.3) is 0 Å². The standard InChI is InChI=1S/C23H24N4O4.2H2S/c1-26(22(29)11-15-5-6-21-19(10-15)25-23(30)31-21)20(14-27-8-7-18(28)13-27)17-4-2-3-16(9-17)12-24;;/h2-6,9-10,18,20,28H,7-8,11,13-14H2,1H3,(H,25,30);2*1H2/t18-,20+;;/m0../s1. The first-order chi connectivity index (χ1) is 14.9. The molecule has 8 nitrogen and oxygen atoms in total. The fourth-order valence-corrected chi connectivity index (χ4v) is 4.07. The summed E-state index contributed by atoms with van der Waals surface area (Å²) in [5.74, 6) is -0.613. The number of aliphatic hydroxyl groups is 1. The molecule has 1 aromatic heterocycles. The van der Waals surface area contributed by atoms with Gasteiger partial charge < -0.3 is 14.4 Å². The number of aromatic amines is 1. The number of carbonyl (C=O) groups is 1. The van der Waals surface area contributed by atoms with Crippen molar-refractivity contribution in [1.29, 1.82) is 5.26 Å². The quantitative estimate of drug-likeness (QED) is 0.549. The van der Waals surface area contributed by atoms with Gasteiger partial charge in [-0.15, -0.1) is 0 Å². The molecule has 1 aliphatic rings. The molecule has 2 atom stereocenters. The van der Waals surface area contributed by atoms with Crippen molar-refractivity contribution in [2.45, 2.75) is 25.0 Å². The summed E-state index contributed by atoms with van der Waals surface area (Å²) in [6.07, 6.45) is 0.526. The predicted molar refractivity (Wildman–Crippen MR) is 135 cm³/mol. The van der Waals surface area contributed by atoms with Gasteiger partial charge in [0, 0.05) is 26.7 Å². The van der Waals surface area contributed by atoms with Crippen LogP contribution in [0.15, 0.2) is 51.7 Å². The van der Waals surface area contributed by atoms with Gasteiger partial charge in [-0.3, -0.25) is 14.7 Å². The van der Waals surface area contributed by atoms with Crippen molar-refractivity contribution < 1.29 is 14.3 Å². The topological polar surface area (TPSA) is 114 Å². The zero-order valence-corrected chi connectivity index (χ0v) is 20.2. The lowest BCUT2D eigenvalue weighted by Crippen LogP contribution is -2.39. The minimum absolute atomic E-state index is 0. The lowest BCUT2D eigenvalue weighted by molar-refractivity contribution is -0.131. The number of nitrogens with one attached hydrogen (secondary N) is 1. The summed E-state index contributed by atoms with van der Waals surface area (Å²) >= 11 is 0. The molecule has 10 heteroatoms. The van der Waals surface area contributed by atoms with Crippen LogP contribution in [0.1, 0.15) is 29.2 Å². The molecule has 2 N–H and O–H groups in total. The maximum atomic E-state index is 13.2. The zero-order valence-electron chi connectivity index (χ0n) is 18.2. The van der Waals surface area contributed by atoms with Gasteiger partial charge in [-0.1, -0.05) is 18.2 Å². The number of hydrogen-bond acceptors (Lipinski definition) is 6. The highest BCUT2D eigenvalue weighted by Crippen LogP contribution is 2.25. The minimum atomic E-state index is -0.527. The Hall–Kier alpha value is -2.71. The molecular weight excluding hydrogens is 460 g/mol. The molecule has 176 valence electrons. The molecule has 0 saturated carbocycles. The van der Waals surface area contributed by atoms with E-state index in [2.05, 4.69) is 16.0 Å². The third kappa shape index (κ3) is 6.21. The Morgan fingerprint density at radius 1 is 1.33 bits per heavy atom. The van der Waals surface area contributed by atoms with Crippen molar-refractivity contribution in [3.63, 3.8) is 0 Å². The number of amides is 1. The van der Waals surface area contributed by atoms with Crippen LogP contribution in [0.25, 0.3) is 11.1 Å². The molecule has 1 aliphatic heterocycles. The molecule has 2 aromatic carbocycles. The molecular formula is C23H28N4O4S2. The van der Waals surface area contributed by atoms with E-state index >= 15 is 0 Å². The number of likely N-dealkylation sites (N-methyl/N-ethyl adjacent to an activating group) is 1. The van der Waals surface area contributed by atoms with E-state index in [0.717, 1.165) is 17.7 Å². The van der Waals surface area contributed by atoms with Crippen LogP contribution in [0.5, 0.6) is 0 Å². The van der Waals surface area contributed by atoms with E-state index < -0.39 is 5.76 Å². The maximum Gasteiger partial charge on any atom is 0.417 e. The van der Waals surface area contributed by atoms with Crippen molar-refractivity contribution in [2.75, 3.05) is 26.7 Å². The molecule has 1 saturated heterocycles. The van der Waals surface area contributed by atoms with Crippen LogP contribution in [-0.2, 0) is 11.2 Å². The summed E-state index contributed by atoms with van der Waals surface area (Å²) in [6.45, 7) is 1.91. The van der Waals surface area contributed by atoms with E-state index in [-0.39, 0.29) is 51.5 Å². The van der Waals surface area contributed by atoms with Gasteiger partial charge in [0.1, 0.15) is 0 Å². The van der Waals surface area contributed by atoms with Crippen LogP contribution in [0, 0.1) is 11.3 Å². The Bertz CT molecular complexity index is 1200. The van der Waals surface area contributed by atoms with Gasteiger partial charge in [-0.05, 0) is 41.8 Å². The van der Waals surface area contributed by atoms with Gasteiger partial charge in [0.05, 0.1) is 35.7 Å². The van der Waals surface area contributed by atoms with Crippen molar-refractivity contribution in [2.24, 2.45) is 0 Å². The number of hydrogen-bond donors (Lipinski definition) is 2. The van der Waals surface area contributed by atoms with E-state index in [0.29, 0.717) is 36.2 Å². The molecule has 33 heavy (non-hydrogen) atoms. The van der Waals surface area contributed by atoms with Crippen molar-refractivity contribution >= 4 is 44.0 Å². The summed E-state index contributed by atoms with van der Waals surface area (Å²) in [4.78, 5) is 31.0. The number of likely N-dealkylation sites (tertiary alicyclic amines) is 1. The number of fused-ring (bicyclic) bond motifs is 1. The molecule has 1 fully saturated rings. The molecule has 0 spiro atoms. The number of H-pyrrole nitrogens is 1. The SMILES string of the molecule is CN(C(=O)Cc1ccc2oc(=O)[nH]c2c1)[C@H](CN1CC[C@H](O)C1)c1cccc(C#N)c1.S.S. The summed E-state index contributed by atoms with van der Waals surface area (Å²) in [5, 5.41) is 19.2. The van der Waals surface area contributed by atoms with Crippen molar-refractivity contribution in [3.8, 4) is 6.07 Å². The first kappa shape index (κ1) is 26.5. The van der Waals surface area contributed by atoms with Gasteiger partial charge in [0.2, 0.25) is 5.91 Å². The molecule has 4 rings (SSSR count). The van der Waals surface area contributed by atoms with Crippen LogP contribution in [0.4, 0.5) is 0 Å². The lowest BCUT2D eigenvalue weighted by atomic mass is 10.0. The number of nitriles is 1. The Kier molecular flexibility index (Phi) is 9.19. The molecule has 0 aliphatic carbocycles. The third-order valence-electron chi connectivity index (χ3n) is 5.78. The van der Waals surface area contributed by atoms with E-state index in [4.69, 9.17) is 4.42 Å². The fourth-order valence-electron chi connectivity index (χ4n) is 4.07. The van der Waals surface area contributed by atoms with Crippen LogP contribution < -0.4 is 5.76 Å². The number of carbonyl (C=O) groups excluding carboxylic acids is 1. The highest BCUT2D eigenvalue weighted by atomic mass is 32.1. The molecule has 0 unspecified atom stereocenters. The van der Waals surface area contributed by atoms with Gasteiger partial charge in [-0.25, -0.2) is 4.79 Å². The van der Waals surface area contributed by atoms with Crippen molar-refractivity contribution in [3.05, 3.63) is 69.7 Å². The molecule has 0 radical (unpaired) electrons. The van der Waals surface area contributed by atoms with Crippen LogP contribution >= 0.6 is 27.0 Å². The second-order valence-corrected chi connectivity index (χ2v) is 7.98. The molecule has 3 aromatic rings. The zero-order chi connectivity index (χ0) is 22.0. The lowest BCUT2D eigenvalue weighted by Gasteiger charge is -2.32. The van der Waals surface area contributed by atoms with Crippen LogP contribution in [0.2, 0.25) is 0 Å². The summed E-state index contributed by atoms with van der Waals surface area (Å²) in [7, 11) is 1.76. The van der Waals surface area contributed by atoms with Gasteiger partial charge in [-0.2, -0.15) is 32.3 Å². The number of aromatic nitrogens is 1. The number of rotatable bonds is 6. The molecule has 1 amide bonds. The van der Waals surface area contributed by atoms with Crippen molar-refractivity contribution in [1.82, 2.24) is 14.8 Å². The monoisotopic (exact) mass is 488 g/mol. The second-order valence-electron chi connectivity index (χ2n) is 7.98. The predicted octanol–water partition coefficient (Wildman–Crippen LogP) is 2.03. The Morgan fingerprint density at radius 2 is 2.12 bits per heavy atom. The van der Waals surface area contributed by atoms with Crippen LogP contribution in [-0.4, -0.2) is 58.6 Å². The minimum Gasteiger partial charge on any atom is -0.408 e. The van der Waals surface area contributed by atoms with Crippen LogP contribution in [0.3, 0.4) is 0 Å². The second kappa shape index (κ2) is 11.4. The highest BCUT2D eigenvalue weighted by molar-refractivity contribution is 7.59. The number of aliphatic hydroxyl groups excluding tert-OH is 1. The first-order valence-corrected chi connectivity index (χ1v) is 10.2. The average Bonchev–Trinajstić information content (AvgIpc) is 3.35. The van der Waals surface area contributed by atoms with Gasteiger partial charge >= 0.3 is 5.76 Å². The van der Waals surface area contributed by atoms with E-state index in [1.807, 2.05) is 18.2 Å². The maximum absolute atomic E-state index is 13.2. The van der Waals surface area contributed by atoms with Gasteiger partial charge in [0.15, 0.2) is 5.58 Å². The fraction of sp³-hybridized carbons (Fsp3) is 0.348. The Labute approximate surface area is 205 Å².